The molecule has 1 atom stereocenters. The number of rotatable bonds is 4. The van der Waals surface area contributed by atoms with Crippen LogP contribution in [0.3, 0.4) is 0 Å². The van der Waals surface area contributed by atoms with E-state index in [0.717, 1.165) is 28.0 Å². The maximum absolute atomic E-state index is 6.00. The van der Waals surface area contributed by atoms with Gasteiger partial charge in [-0.05, 0) is 49.9 Å². The fourth-order valence-electron chi connectivity index (χ4n) is 2.62. The lowest BCUT2D eigenvalue weighted by molar-refractivity contribution is 0.413. The number of benzene rings is 2. The lowest BCUT2D eigenvalue weighted by Gasteiger charge is -2.14. The van der Waals surface area contributed by atoms with Crippen molar-refractivity contribution in [3.05, 3.63) is 65.4 Å². The van der Waals surface area contributed by atoms with Crippen LogP contribution in [0.2, 0.25) is 0 Å². The summed E-state index contributed by atoms with van der Waals surface area (Å²) in [5.74, 6) is 1.76. The van der Waals surface area contributed by atoms with Gasteiger partial charge in [0.05, 0.1) is 13.2 Å². The van der Waals surface area contributed by atoms with E-state index < -0.39 is 0 Å². The molecule has 0 radical (unpaired) electrons. The zero-order valence-electron chi connectivity index (χ0n) is 12.5. The second-order valence-electron chi connectivity index (χ2n) is 5.19. The zero-order valence-corrected chi connectivity index (χ0v) is 12.5. The van der Waals surface area contributed by atoms with Gasteiger partial charge in [0.25, 0.3) is 0 Å². The molecule has 0 aliphatic heterocycles. The molecule has 0 aliphatic carbocycles. The minimum absolute atomic E-state index is 0.00723. The second-order valence-corrected chi connectivity index (χ2v) is 5.19. The van der Waals surface area contributed by atoms with Crippen LogP contribution in [0.4, 0.5) is 0 Å². The minimum Gasteiger partial charge on any atom is -0.497 e. The number of furan rings is 1. The SMILES string of the molecule is CNC(c1cccc(OC)c1)c1cc2cc(C)ccc2o1. The summed E-state index contributed by atoms with van der Waals surface area (Å²) in [6.07, 6.45) is 0. The molecule has 1 heterocycles. The molecule has 0 saturated carbocycles. The molecule has 0 bridgehead atoms. The molecule has 1 aromatic heterocycles. The Morgan fingerprint density at radius 3 is 2.71 bits per heavy atom. The highest BCUT2D eigenvalue weighted by molar-refractivity contribution is 5.79. The number of hydrogen-bond donors (Lipinski definition) is 1. The minimum atomic E-state index is 0.00723. The first-order valence-corrected chi connectivity index (χ1v) is 7.02. The Morgan fingerprint density at radius 2 is 1.95 bits per heavy atom. The summed E-state index contributed by atoms with van der Waals surface area (Å²) in [4.78, 5) is 0. The van der Waals surface area contributed by atoms with Crippen molar-refractivity contribution in [1.29, 1.82) is 0 Å². The summed E-state index contributed by atoms with van der Waals surface area (Å²) < 4.78 is 11.3. The number of methoxy groups -OCH3 is 1. The topological polar surface area (TPSA) is 34.4 Å². The molecule has 0 amide bonds. The third kappa shape index (κ3) is 2.65. The van der Waals surface area contributed by atoms with E-state index in [1.54, 1.807) is 7.11 Å². The molecule has 3 heteroatoms. The van der Waals surface area contributed by atoms with Gasteiger partial charge in [-0.2, -0.15) is 0 Å². The number of ether oxygens (including phenoxy) is 1. The van der Waals surface area contributed by atoms with Crippen LogP contribution in [0.15, 0.2) is 52.9 Å². The van der Waals surface area contributed by atoms with Crippen LogP contribution in [0, 0.1) is 6.92 Å². The standard InChI is InChI=1S/C18H19NO2/c1-12-7-8-16-14(9-12)11-17(21-16)18(19-2)13-5-4-6-15(10-13)20-3/h4-11,18-19H,1-3H3. The maximum atomic E-state index is 6.00. The summed E-state index contributed by atoms with van der Waals surface area (Å²) in [5, 5.41) is 4.44. The predicted molar refractivity (Wildman–Crippen MR) is 84.8 cm³/mol. The molecule has 3 rings (SSSR count). The largest absolute Gasteiger partial charge is 0.497 e. The monoisotopic (exact) mass is 281 g/mol. The predicted octanol–water partition coefficient (Wildman–Crippen LogP) is 4.06. The highest BCUT2D eigenvalue weighted by Gasteiger charge is 2.17. The quantitative estimate of drug-likeness (QED) is 0.783. The lowest BCUT2D eigenvalue weighted by atomic mass is 10.0. The first kappa shape index (κ1) is 13.7. The van der Waals surface area contributed by atoms with Crippen LogP contribution in [0.5, 0.6) is 5.75 Å². The number of fused-ring (bicyclic) bond motifs is 1. The van der Waals surface area contributed by atoms with Crippen LogP contribution in [-0.2, 0) is 0 Å². The van der Waals surface area contributed by atoms with E-state index in [2.05, 4.69) is 36.5 Å². The molecule has 0 fully saturated rings. The molecule has 0 aliphatic rings. The van der Waals surface area contributed by atoms with Crippen molar-refractivity contribution in [1.82, 2.24) is 5.32 Å². The smallest absolute Gasteiger partial charge is 0.134 e. The molecule has 3 aromatic rings. The average molecular weight is 281 g/mol. The van der Waals surface area contributed by atoms with Crippen molar-refractivity contribution in [2.75, 3.05) is 14.2 Å². The van der Waals surface area contributed by atoms with Crippen molar-refractivity contribution in [3.8, 4) is 5.75 Å². The Morgan fingerprint density at radius 1 is 1.10 bits per heavy atom. The molecule has 1 unspecified atom stereocenters. The van der Waals surface area contributed by atoms with E-state index in [-0.39, 0.29) is 6.04 Å². The first-order chi connectivity index (χ1) is 10.2. The van der Waals surface area contributed by atoms with Crippen LogP contribution in [-0.4, -0.2) is 14.2 Å². The van der Waals surface area contributed by atoms with Gasteiger partial charge in [0.1, 0.15) is 17.1 Å². The highest BCUT2D eigenvalue weighted by Crippen LogP contribution is 2.30. The highest BCUT2D eigenvalue weighted by atomic mass is 16.5. The van der Waals surface area contributed by atoms with Gasteiger partial charge in [0.2, 0.25) is 0 Å². The maximum Gasteiger partial charge on any atom is 0.134 e. The second kappa shape index (κ2) is 5.62. The van der Waals surface area contributed by atoms with Crippen molar-refractivity contribution in [3.63, 3.8) is 0 Å². The van der Waals surface area contributed by atoms with Gasteiger partial charge in [-0.3, -0.25) is 0 Å². The Bertz CT molecular complexity index is 761. The Hall–Kier alpha value is -2.26. The number of hydrogen-bond acceptors (Lipinski definition) is 3. The Balaban J connectivity index is 2.04. The van der Waals surface area contributed by atoms with Crippen molar-refractivity contribution >= 4 is 11.0 Å². The zero-order chi connectivity index (χ0) is 14.8. The van der Waals surface area contributed by atoms with E-state index in [1.165, 1.54) is 5.56 Å². The third-order valence-corrected chi connectivity index (χ3v) is 3.69. The summed E-state index contributed by atoms with van der Waals surface area (Å²) in [7, 11) is 3.61. The molecule has 108 valence electrons. The lowest BCUT2D eigenvalue weighted by Crippen LogP contribution is -2.16. The Labute approximate surface area is 124 Å². The van der Waals surface area contributed by atoms with Gasteiger partial charge in [-0.1, -0.05) is 23.8 Å². The van der Waals surface area contributed by atoms with E-state index in [9.17, 15) is 0 Å². The van der Waals surface area contributed by atoms with Gasteiger partial charge < -0.3 is 14.5 Å². The molecule has 0 spiro atoms. The van der Waals surface area contributed by atoms with Crippen LogP contribution in [0.1, 0.15) is 22.9 Å². The summed E-state index contributed by atoms with van der Waals surface area (Å²) >= 11 is 0. The fourth-order valence-corrected chi connectivity index (χ4v) is 2.62. The van der Waals surface area contributed by atoms with E-state index >= 15 is 0 Å². The van der Waals surface area contributed by atoms with Gasteiger partial charge >= 0.3 is 0 Å². The van der Waals surface area contributed by atoms with Gasteiger partial charge in [0.15, 0.2) is 0 Å². The van der Waals surface area contributed by atoms with Crippen LogP contribution in [0.25, 0.3) is 11.0 Å². The molecular weight excluding hydrogens is 262 g/mol. The molecule has 3 nitrogen and oxygen atoms in total. The number of aryl methyl sites for hydroxylation is 1. The van der Waals surface area contributed by atoms with E-state index in [4.69, 9.17) is 9.15 Å². The van der Waals surface area contributed by atoms with Crippen LogP contribution < -0.4 is 10.1 Å². The van der Waals surface area contributed by atoms with E-state index in [1.807, 2.05) is 31.3 Å². The Kier molecular flexibility index (Phi) is 3.67. The van der Waals surface area contributed by atoms with Gasteiger partial charge in [0, 0.05) is 5.39 Å². The van der Waals surface area contributed by atoms with Crippen molar-refractivity contribution in [2.45, 2.75) is 13.0 Å². The van der Waals surface area contributed by atoms with E-state index in [0.29, 0.717) is 0 Å². The fraction of sp³-hybridized carbons (Fsp3) is 0.222. The van der Waals surface area contributed by atoms with Crippen LogP contribution >= 0.6 is 0 Å². The summed E-state index contributed by atoms with van der Waals surface area (Å²) in [6.45, 7) is 2.09. The molecular formula is C18H19NO2. The van der Waals surface area contributed by atoms with Gasteiger partial charge in [-0.25, -0.2) is 0 Å². The van der Waals surface area contributed by atoms with Crippen molar-refractivity contribution < 1.29 is 9.15 Å². The normalized spacial score (nSPS) is 12.5. The molecule has 1 N–H and O–H groups in total. The van der Waals surface area contributed by atoms with Crippen molar-refractivity contribution in [2.24, 2.45) is 0 Å². The summed E-state index contributed by atoms with van der Waals surface area (Å²) in [5.41, 5.74) is 3.27. The number of nitrogens with one attached hydrogen (secondary N) is 1. The third-order valence-electron chi connectivity index (χ3n) is 3.69. The molecule has 0 saturated heterocycles. The molecule has 2 aromatic carbocycles. The first-order valence-electron chi connectivity index (χ1n) is 7.02. The molecule has 21 heavy (non-hydrogen) atoms. The summed E-state index contributed by atoms with van der Waals surface area (Å²) in [6, 6.07) is 16.4. The van der Waals surface area contributed by atoms with Gasteiger partial charge in [-0.15, -0.1) is 0 Å². The average Bonchev–Trinajstić information content (AvgIpc) is 2.91.